The molecule has 0 saturated carbocycles. The molecule has 2 rings (SSSR count). The zero-order valence-corrected chi connectivity index (χ0v) is 12.1. The van der Waals surface area contributed by atoms with E-state index in [2.05, 4.69) is 37.2 Å². The minimum atomic E-state index is -2.14. The summed E-state index contributed by atoms with van der Waals surface area (Å²) in [6.45, 7) is 6.26. The first-order valence-electron chi connectivity index (χ1n) is 6.68. The topological polar surface area (TPSA) is 29.1 Å². The molecular formula is C15H23NOS. The third-order valence-electron chi connectivity index (χ3n) is 3.77. The van der Waals surface area contributed by atoms with Crippen LogP contribution in [0.5, 0.6) is 0 Å². The largest absolute Gasteiger partial charge is 0.317 e. The van der Waals surface area contributed by atoms with Crippen LogP contribution in [0.4, 0.5) is 0 Å². The highest BCUT2D eigenvalue weighted by atomic mass is 32.2. The normalized spacial score (nSPS) is 20.8. The molecule has 0 spiro atoms. The van der Waals surface area contributed by atoms with E-state index in [-0.39, 0.29) is 5.25 Å². The van der Waals surface area contributed by atoms with Gasteiger partial charge in [0, 0.05) is 10.1 Å². The van der Waals surface area contributed by atoms with Gasteiger partial charge in [-0.05, 0) is 64.9 Å². The maximum atomic E-state index is 12.9. The van der Waals surface area contributed by atoms with Crippen LogP contribution in [-0.4, -0.2) is 28.4 Å². The molecule has 2 nitrogen and oxygen atoms in total. The van der Waals surface area contributed by atoms with E-state index in [1.807, 2.05) is 12.1 Å². The molecule has 0 aliphatic carbocycles. The fourth-order valence-corrected chi connectivity index (χ4v) is 4.43. The van der Waals surface area contributed by atoms with E-state index >= 15 is 0 Å². The van der Waals surface area contributed by atoms with Gasteiger partial charge in [-0.25, -0.2) is 0 Å². The van der Waals surface area contributed by atoms with Gasteiger partial charge in [0.1, 0.15) is 0 Å². The Hall–Kier alpha value is -0.800. The Morgan fingerprint density at radius 3 is 2.28 bits per heavy atom. The second kappa shape index (κ2) is 5.45. The van der Waals surface area contributed by atoms with Crippen LogP contribution < -0.4 is 5.32 Å². The molecule has 0 aromatic heterocycles. The average molecular weight is 265 g/mol. The van der Waals surface area contributed by atoms with Crippen molar-refractivity contribution in [2.45, 2.75) is 42.8 Å². The zero-order chi connectivity index (χ0) is 13.2. The van der Waals surface area contributed by atoms with Gasteiger partial charge in [-0.2, -0.15) is 0 Å². The minimum absolute atomic E-state index is 0.226. The molecule has 1 aromatic rings. The molecule has 1 heterocycles. The highest BCUT2D eigenvalue weighted by molar-refractivity contribution is 8.00. The summed E-state index contributed by atoms with van der Waals surface area (Å²) in [6.07, 6.45) is 1.93. The highest BCUT2D eigenvalue weighted by Crippen LogP contribution is 2.24. The molecule has 0 bridgehead atoms. The number of nitrogens with one attached hydrogen (secondary N) is 1. The second-order valence-electron chi connectivity index (χ2n) is 5.40. The van der Waals surface area contributed by atoms with E-state index in [4.69, 9.17) is 0 Å². The van der Waals surface area contributed by atoms with E-state index in [1.165, 1.54) is 5.56 Å². The first-order valence-corrected chi connectivity index (χ1v) is 8.47. The molecule has 1 unspecified atom stereocenters. The smallest absolute Gasteiger partial charge is 0.0339 e. The molecule has 1 aliphatic rings. The van der Waals surface area contributed by atoms with Gasteiger partial charge in [-0.3, -0.25) is 4.21 Å². The van der Waals surface area contributed by atoms with Crippen molar-refractivity contribution in [3.63, 3.8) is 0 Å². The predicted octanol–water partition coefficient (Wildman–Crippen LogP) is 2.64. The lowest BCUT2D eigenvalue weighted by atomic mass is 10.0. The quantitative estimate of drug-likeness (QED) is 0.851. The van der Waals surface area contributed by atoms with Crippen LogP contribution in [0.3, 0.4) is 0 Å². The van der Waals surface area contributed by atoms with E-state index in [1.54, 1.807) is 0 Å². The SMILES string of the molecule is C=S(=O)(c1ccc(C(C)C)cc1)C1CCNCC1. The van der Waals surface area contributed by atoms with Crippen molar-refractivity contribution in [2.24, 2.45) is 0 Å². The number of hydrogen-bond donors (Lipinski definition) is 1. The fourth-order valence-electron chi connectivity index (χ4n) is 2.45. The van der Waals surface area contributed by atoms with Crippen LogP contribution in [0.25, 0.3) is 0 Å². The third kappa shape index (κ3) is 2.78. The Kier molecular flexibility index (Phi) is 4.13. The molecule has 100 valence electrons. The second-order valence-corrected chi connectivity index (χ2v) is 7.99. The van der Waals surface area contributed by atoms with Gasteiger partial charge < -0.3 is 5.32 Å². The summed E-state index contributed by atoms with van der Waals surface area (Å²) < 4.78 is 12.9. The number of benzene rings is 1. The third-order valence-corrected chi connectivity index (χ3v) is 6.39. The number of piperidine rings is 1. The summed E-state index contributed by atoms with van der Waals surface area (Å²) in [5.74, 6) is 4.55. The Morgan fingerprint density at radius 2 is 1.78 bits per heavy atom. The van der Waals surface area contributed by atoms with Crippen molar-refractivity contribution in [3.8, 4) is 0 Å². The van der Waals surface area contributed by atoms with E-state index in [9.17, 15) is 4.21 Å². The van der Waals surface area contributed by atoms with Crippen LogP contribution in [0.1, 0.15) is 38.2 Å². The molecule has 1 fully saturated rings. The van der Waals surface area contributed by atoms with Gasteiger partial charge in [0.2, 0.25) is 0 Å². The number of rotatable bonds is 3. The van der Waals surface area contributed by atoms with E-state index < -0.39 is 9.52 Å². The predicted molar refractivity (Wildman–Crippen MR) is 80.0 cm³/mol. The maximum absolute atomic E-state index is 12.9. The van der Waals surface area contributed by atoms with Gasteiger partial charge in [0.05, 0.1) is 0 Å². The van der Waals surface area contributed by atoms with Gasteiger partial charge >= 0.3 is 0 Å². The van der Waals surface area contributed by atoms with Crippen LogP contribution in [0.2, 0.25) is 0 Å². The summed E-state index contributed by atoms with van der Waals surface area (Å²) in [5.41, 5.74) is 1.29. The Morgan fingerprint density at radius 1 is 1.22 bits per heavy atom. The molecule has 1 aromatic carbocycles. The average Bonchev–Trinajstić information content (AvgIpc) is 2.40. The Labute approximate surface area is 111 Å². The maximum Gasteiger partial charge on any atom is 0.0339 e. The van der Waals surface area contributed by atoms with Crippen molar-refractivity contribution in [3.05, 3.63) is 29.8 Å². The van der Waals surface area contributed by atoms with Gasteiger partial charge in [-0.15, -0.1) is 0 Å². The lowest BCUT2D eigenvalue weighted by molar-refractivity contribution is 0.518. The van der Waals surface area contributed by atoms with Gasteiger partial charge in [-0.1, -0.05) is 26.0 Å². The summed E-state index contributed by atoms with van der Waals surface area (Å²) in [7, 11) is -2.14. The zero-order valence-electron chi connectivity index (χ0n) is 11.3. The van der Waals surface area contributed by atoms with Crippen LogP contribution in [-0.2, 0) is 9.52 Å². The molecule has 0 amide bonds. The Bertz CT molecular complexity index is 482. The first kappa shape index (κ1) is 13.6. The van der Waals surface area contributed by atoms with E-state index in [0.717, 1.165) is 30.8 Å². The fraction of sp³-hybridized carbons (Fsp3) is 0.533. The lowest BCUT2D eigenvalue weighted by Gasteiger charge is -2.26. The van der Waals surface area contributed by atoms with Crippen molar-refractivity contribution < 1.29 is 4.21 Å². The van der Waals surface area contributed by atoms with Gasteiger partial charge in [0.15, 0.2) is 0 Å². The molecule has 1 atom stereocenters. The summed E-state index contributed by atoms with van der Waals surface area (Å²) >= 11 is 0. The molecule has 1 N–H and O–H groups in total. The summed E-state index contributed by atoms with van der Waals surface area (Å²) in [4.78, 5) is 0.916. The van der Waals surface area contributed by atoms with Crippen LogP contribution in [0, 0.1) is 0 Å². The van der Waals surface area contributed by atoms with Crippen molar-refractivity contribution in [1.82, 2.24) is 5.32 Å². The molecule has 1 saturated heterocycles. The van der Waals surface area contributed by atoms with E-state index in [0.29, 0.717) is 5.92 Å². The van der Waals surface area contributed by atoms with Crippen molar-refractivity contribution >= 4 is 15.4 Å². The van der Waals surface area contributed by atoms with Crippen molar-refractivity contribution in [2.75, 3.05) is 13.1 Å². The first-order chi connectivity index (χ1) is 8.51. The van der Waals surface area contributed by atoms with Crippen LogP contribution >= 0.6 is 0 Å². The molecule has 0 radical (unpaired) electrons. The molecular weight excluding hydrogens is 242 g/mol. The monoisotopic (exact) mass is 265 g/mol. The highest BCUT2D eigenvalue weighted by Gasteiger charge is 2.23. The van der Waals surface area contributed by atoms with Crippen LogP contribution in [0.15, 0.2) is 29.2 Å². The molecule has 18 heavy (non-hydrogen) atoms. The Balaban J connectivity index is 2.23. The summed E-state index contributed by atoms with van der Waals surface area (Å²) in [5, 5.41) is 3.53. The number of hydrogen-bond acceptors (Lipinski definition) is 2. The minimum Gasteiger partial charge on any atom is -0.317 e. The summed E-state index contributed by atoms with van der Waals surface area (Å²) in [6, 6.07) is 8.19. The lowest BCUT2D eigenvalue weighted by Crippen LogP contribution is -2.35. The van der Waals surface area contributed by atoms with Gasteiger partial charge in [0.25, 0.3) is 0 Å². The standard InChI is InChI=1S/C15H23NOS/c1-12(2)13-4-6-14(7-5-13)18(3,17)15-8-10-16-11-9-15/h4-7,12,15-16H,3,8-11H2,1-2H3. The molecule has 3 heteroatoms. The van der Waals surface area contributed by atoms with Crippen molar-refractivity contribution in [1.29, 1.82) is 0 Å². The molecule has 1 aliphatic heterocycles.